The van der Waals surface area contributed by atoms with Gasteiger partial charge < -0.3 is 19.2 Å². The molecule has 1 aromatic carbocycles. The Labute approximate surface area is 235 Å². The van der Waals surface area contributed by atoms with Gasteiger partial charge in [-0.2, -0.15) is 0 Å². The first-order valence-corrected chi connectivity index (χ1v) is 13.8. The minimum absolute atomic E-state index is 0.0309. The van der Waals surface area contributed by atoms with Gasteiger partial charge in [0.05, 0.1) is 5.36 Å². The zero-order valence-electron chi connectivity index (χ0n) is 24.3. The number of anilines is 1. The second-order valence-corrected chi connectivity index (χ2v) is 10.3. The number of hydrogen-bond acceptors (Lipinski definition) is 7. The molecule has 4 rings (SSSR count). The quantitative estimate of drug-likeness (QED) is 0.143. The Kier molecular flexibility index (Phi) is 8.93. The average Bonchev–Trinajstić information content (AvgIpc) is 2.91. The van der Waals surface area contributed by atoms with Crippen LogP contribution in [0, 0.1) is 19.8 Å². The van der Waals surface area contributed by atoms with Crippen molar-refractivity contribution in [1.82, 2.24) is 0 Å². The summed E-state index contributed by atoms with van der Waals surface area (Å²) in [5, 5.41) is 5.21. The highest BCUT2D eigenvalue weighted by Crippen LogP contribution is 2.43. The average molecular weight is 543 g/mol. The number of nitrogens with one attached hydrogen (secondary N) is 1. The summed E-state index contributed by atoms with van der Waals surface area (Å²) >= 11 is 0. The summed E-state index contributed by atoms with van der Waals surface area (Å²) in [6.07, 6.45) is 4.67. The Hall–Kier alpha value is -4.13. The van der Waals surface area contributed by atoms with Gasteiger partial charge in [0.2, 0.25) is 0 Å². The molecular formula is C33H38N2O5. The number of benzene rings is 2. The monoisotopic (exact) mass is 542 g/mol. The third-order valence-electron chi connectivity index (χ3n) is 6.94. The van der Waals surface area contributed by atoms with Crippen LogP contribution in [0.4, 0.5) is 5.69 Å². The van der Waals surface area contributed by atoms with Gasteiger partial charge in [-0.25, -0.2) is 9.59 Å². The lowest BCUT2D eigenvalue weighted by Crippen LogP contribution is -2.18. The largest absolute Gasteiger partial charge is 0.459 e. The van der Waals surface area contributed by atoms with Crippen LogP contribution in [-0.4, -0.2) is 38.2 Å². The zero-order chi connectivity index (χ0) is 29.0. The lowest BCUT2D eigenvalue weighted by atomic mass is 9.83. The van der Waals surface area contributed by atoms with Crippen molar-refractivity contribution in [2.75, 3.05) is 31.6 Å². The third-order valence-corrected chi connectivity index (χ3v) is 6.94. The van der Waals surface area contributed by atoms with E-state index in [1.807, 2.05) is 32.1 Å². The van der Waals surface area contributed by atoms with Crippen molar-refractivity contribution in [3.63, 3.8) is 0 Å². The van der Waals surface area contributed by atoms with Gasteiger partial charge in [-0.1, -0.05) is 25.7 Å². The molecule has 210 valence electrons. The molecule has 0 radical (unpaired) electrons. The predicted octanol–water partition coefficient (Wildman–Crippen LogP) is 6.52. The lowest BCUT2D eigenvalue weighted by molar-refractivity contribution is -0.147. The van der Waals surface area contributed by atoms with Crippen LogP contribution in [0.15, 0.2) is 63.6 Å². The number of esters is 2. The van der Waals surface area contributed by atoms with Gasteiger partial charge >= 0.3 is 11.9 Å². The minimum atomic E-state index is -0.506. The smallest absolute Gasteiger partial charge is 0.334 e. The van der Waals surface area contributed by atoms with E-state index in [2.05, 4.69) is 55.9 Å². The summed E-state index contributed by atoms with van der Waals surface area (Å²) < 4.78 is 17.2. The van der Waals surface area contributed by atoms with Crippen LogP contribution < -0.4 is 10.7 Å². The number of carbonyl (C=O) groups excluding carboxylic acids is 2. The summed E-state index contributed by atoms with van der Waals surface area (Å²) in [6, 6.07) is 8.21. The van der Waals surface area contributed by atoms with Gasteiger partial charge in [0.25, 0.3) is 0 Å². The number of fused-ring (bicyclic) bond motifs is 2. The van der Waals surface area contributed by atoms with Gasteiger partial charge in [0.1, 0.15) is 24.6 Å². The summed E-state index contributed by atoms with van der Waals surface area (Å²) in [5.74, 6) is -0.0641. The van der Waals surface area contributed by atoms with Crippen molar-refractivity contribution in [2.45, 2.75) is 48.0 Å². The van der Waals surface area contributed by atoms with E-state index in [4.69, 9.17) is 13.9 Å². The van der Waals surface area contributed by atoms with Crippen molar-refractivity contribution < 1.29 is 23.5 Å². The Morgan fingerprint density at radius 3 is 2.55 bits per heavy atom. The van der Waals surface area contributed by atoms with Gasteiger partial charge in [-0.15, -0.1) is 0 Å². The molecule has 1 unspecified atom stereocenters. The highest BCUT2D eigenvalue weighted by Gasteiger charge is 2.27. The predicted molar refractivity (Wildman–Crippen MR) is 159 cm³/mol. The highest BCUT2D eigenvalue weighted by molar-refractivity contribution is 6.09. The molecule has 40 heavy (non-hydrogen) atoms. The summed E-state index contributed by atoms with van der Waals surface area (Å²) in [4.78, 5) is 29.8. The van der Waals surface area contributed by atoms with Crippen LogP contribution in [0.25, 0.3) is 27.9 Å². The summed E-state index contributed by atoms with van der Waals surface area (Å²) in [5.41, 5.74) is 7.36. The van der Waals surface area contributed by atoms with Gasteiger partial charge in [-0.05, 0) is 75.8 Å². The molecular weight excluding hydrogens is 504 g/mol. The summed E-state index contributed by atoms with van der Waals surface area (Å²) in [6.45, 7) is 16.8. The number of aryl methyl sites for hydroxylation is 2. The maximum atomic E-state index is 13.5. The summed E-state index contributed by atoms with van der Waals surface area (Å²) in [7, 11) is 0. The van der Waals surface area contributed by atoms with E-state index >= 15 is 0 Å². The molecule has 0 saturated carbocycles. The van der Waals surface area contributed by atoms with Crippen LogP contribution in [0.1, 0.15) is 50.8 Å². The molecule has 1 N–H and O–H groups in total. The number of ether oxygens (including phenoxy) is 2. The first kappa shape index (κ1) is 28.9. The molecule has 1 atom stereocenters. The number of carbonyl (C=O) groups is 2. The molecule has 1 heterocycles. The number of allylic oxidation sites excluding steroid dienone is 3. The SMILES string of the molecule is C=C(C)C(=O)OCCOC(=O)C1=C(c2c3cc(C)c(=NCC)cc-3oc3cc(NCC)c(C)cc23)C=CC(C)C1. The van der Waals surface area contributed by atoms with Crippen LogP contribution in [0.2, 0.25) is 0 Å². The standard InChI is InChI=1S/C33H38N2O5/c1-8-34-27-17-29-25(15-21(27)6)31(26-16-22(7)28(35-9-2)18-30(26)40-29)23-11-10-20(5)14-24(23)33(37)39-13-12-38-32(36)19(3)4/h10-11,15-18,20,34H,3,8-9,12-14H2,1-2,4-7H3. The van der Waals surface area contributed by atoms with Gasteiger partial charge in [0.15, 0.2) is 0 Å². The van der Waals surface area contributed by atoms with Crippen molar-refractivity contribution in [2.24, 2.45) is 10.9 Å². The molecule has 0 bridgehead atoms. The lowest BCUT2D eigenvalue weighted by Gasteiger charge is -2.24. The Bertz CT molecular complexity index is 1570. The maximum absolute atomic E-state index is 13.5. The molecule has 0 aromatic heterocycles. The molecule has 3 aliphatic rings. The first-order valence-electron chi connectivity index (χ1n) is 13.8. The van der Waals surface area contributed by atoms with E-state index in [0.29, 0.717) is 35.5 Å². The fourth-order valence-electron chi connectivity index (χ4n) is 4.97. The topological polar surface area (TPSA) is 90.1 Å². The molecule has 1 aromatic rings. The van der Waals surface area contributed by atoms with Crippen molar-refractivity contribution in [1.29, 1.82) is 0 Å². The Morgan fingerprint density at radius 2 is 1.85 bits per heavy atom. The van der Waals surface area contributed by atoms with E-state index in [1.54, 1.807) is 6.92 Å². The van der Waals surface area contributed by atoms with E-state index in [0.717, 1.165) is 50.8 Å². The maximum Gasteiger partial charge on any atom is 0.334 e. The van der Waals surface area contributed by atoms with Crippen molar-refractivity contribution in [3.8, 4) is 11.3 Å². The normalized spacial score (nSPS) is 15.6. The number of nitrogens with zero attached hydrogens (tertiary/aromatic N) is 1. The first-order chi connectivity index (χ1) is 19.1. The minimum Gasteiger partial charge on any atom is -0.459 e. The third kappa shape index (κ3) is 6.03. The fraction of sp³-hybridized carbons (Fsp3) is 0.364. The van der Waals surface area contributed by atoms with Crippen molar-refractivity contribution in [3.05, 3.63) is 76.2 Å². The van der Waals surface area contributed by atoms with E-state index in [1.165, 1.54) is 0 Å². The molecule has 1 aliphatic heterocycles. The number of rotatable bonds is 9. The molecule has 2 aliphatic carbocycles. The van der Waals surface area contributed by atoms with E-state index in [9.17, 15) is 9.59 Å². The van der Waals surface area contributed by atoms with Gasteiger partial charge in [0, 0.05) is 58.6 Å². The Balaban J connectivity index is 1.91. The fourth-order valence-corrected chi connectivity index (χ4v) is 4.97. The van der Waals surface area contributed by atoms with Crippen LogP contribution in [-0.2, 0) is 19.1 Å². The molecule has 7 heteroatoms. The Morgan fingerprint density at radius 1 is 1.10 bits per heavy atom. The molecule has 0 amide bonds. The second kappa shape index (κ2) is 12.4. The molecule has 7 nitrogen and oxygen atoms in total. The van der Waals surface area contributed by atoms with Crippen LogP contribution in [0.3, 0.4) is 0 Å². The zero-order valence-corrected chi connectivity index (χ0v) is 24.3. The van der Waals surface area contributed by atoms with E-state index < -0.39 is 11.9 Å². The number of hydrogen-bond donors (Lipinski definition) is 1. The van der Waals surface area contributed by atoms with Crippen LogP contribution >= 0.6 is 0 Å². The van der Waals surface area contributed by atoms with Gasteiger partial charge in [-0.3, -0.25) is 4.99 Å². The second-order valence-electron chi connectivity index (χ2n) is 10.3. The van der Waals surface area contributed by atoms with Crippen LogP contribution in [0.5, 0.6) is 0 Å². The molecule has 0 fully saturated rings. The van der Waals surface area contributed by atoms with E-state index in [-0.39, 0.29) is 19.1 Å². The highest BCUT2D eigenvalue weighted by atomic mass is 16.6. The molecule has 0 saturated heterocycles. The molecule has 0 spiro atoms. The van der Waals surface area contributed by atoms with Crippen molar-refractivity contribution >= 4 is 34.2 Å².